The van der Waals surface area contributed by atoms with Gasteiger partial charge in [-0.15, -0.1) is 0 Å². The first-order valence-corrected chi connectivity index (χ1v) is 11.0. The fourth-order valence-corrected chi connectivity index (χ4v) is 3.75. The minimum Gasteiger partial charge on any atom is -0.490 e. The highest BCUT2D eigenvalue weighted by Crippen LogP contribution is 2.32. The summed E-state index contributed by atoms with van der Waals surface area (Å²) in [7, 11) is 0.590. The van der Waals surface area contributed by atoms with Gasteiger partial charge in [-0.05, 0) is 18.6 Å². The molecule has 164 valence electrons. The highest BCUT2D eigenvalue weighted by molar-refractivity contribution is 7.84. The van der Waals surface area contributed by atoms with Gasteiger partial charge in [0.25, 0.3) is 0 Å². The van der Waals surface area contributed by atoms with Gasteiger partial charge in [0.1, 0.15) is 0 Å². The molecule has 0 fully saturated rings. The minimum absolute atomic E-state index is 0.00117. The van der Waals surface area contributed by atoms with Crippen LogP contribution in [0.5, 0.6) is 11.5 Å². The SMILES string of the molecule is CCOc1cccc(CNC(=NC)NCCS(=O)Cc2ccccc2)c1OC(F)F. The highest BCUT2D eigenvalue weighted by Gasteiger charge is 2.16. The smallest absolute Gasteiger partial charge is 0.387 e. The van der Waals surface area contributed by atoms with Crippen LogP contribution in [0.15, 0.2) is 53.5 Å². The zero-order chi connectivity index (χ0) is 21.8. The molecule has 1 unspecified atom stereocenters. The Morgan fingerprint density at radius 3 is 2.57 bits per heavy atom. The molecule has 0 bridgehead atoms. The molecule has 9 heteroatoms. The summed E-state index contributed by atoms with van der Waals surface area (Å²) >= 11 is 0. The second-order valence-corrected chi connectivity index (χ2v) is 7.76. The third-order valence-electron chi connectivity index (χ3n) is 4.03. The highest BCUT2D eigenvalue weighted by atomic mass is 32.2. The number of aliphatic imine (C=N–C) groups is 1. The molecule has 0 radical (unpaired) electrons. The van der Waals surface area contributed by atoms with Crippen LogP contribution in [0.25, 0.3) is 0 Å². The van der Waals surface area contributed by atoms with Crippen molar-refractivity contribution in [1.29, 1.82) is 0 Å². The number of benzene rings is 2. The van der Waals surface area contributed by atoms with Gasteiger partial charge in [0.2, 0.25) is 0 Å². The van der Waals surface area contributed by atoms with Crippen molar-refractivity contribution in [2.75, 3.05) is 26.0 Å². The summed E-state index contributed by atoms with van der Waals surface area (Å²) < 4.78 is 47.9. The normalized spacial score (nSPS) is 12.5. The first kappa shape index (κ1) is 23.6. The summed E-state index contributed by atoms with van der Waals surface area (Å²) in [6.07, 6.45) is 0. The lowest BCUT2D eigenvalue weighted by Crippen LogP contribution is -2.38. The maximum Gasteiger partial charge on any atom is 0.387 e. The molecule has 0 spiro atoms. The standard InChI is InChI=1S/C21H27F2N3O3S/c1-3-28-18-11-7-10-17(19(18)29-20(22)23)14-26-21(24-2)25-12-13-30(27)15-16-8-5-4-6-9-16/h4-11,20H,3,12-15H2,1-2H3,(H2,24,25,26). The lowest BCUT2D eigenvalue weighted by atomic mass is 10.2. The van der Waals surface area contributed by atoms with Crippen molar-refractivity contribution in [3.8, 4) is 11.5 Å². The topological polar surface area (TPSA) is 72.0 Å². The molecular weight excluding hydrogens is 412 g/mol. The van der Waals surface area contributed by atoms with Gasteiger partial charge < -0.3 is 20.1 Å². The van der Waals surface area contributed by atoms with Crippen LogP contribution in [0.1, 0.15) is 18.1 Å². The molecule has 2 N–H and O–H groups in total. The molecule has 0 heterocycles. The van der Waals surface area contributed by atoms with Crippen molar-refractivity contribution in [3.63, 3.8) is 0 Å². The van der Waals surface area contributed by atoms with E-state index in [0.29, 0.717) is 36.2 Å². The van der Waals surface area contributed by atoms with Gasteiger partial charge in [0, 0.05) is 48.0 Å². The molecule has 2 aromatic rings. The molecule has 1 atom stereocenters. The number of hydrogen-bond acceptors (Lipinski definition) is 4. The Hall–Kier alpha value is -2.68. The summed E-state index contributed by atoms with van der Waals surface area (Å²) in [5, 5.41) is 6.13. The average molecular weight is 440 g/mol. The quantitative estimate of drug-likeness (QED) is 0.415. The van der Waals surface area contributed by atoms with E-state index in [4.69, 9.17) is 4.74 Å². The predicted octanol–water partition coefficient (Wildman–Crippen LogP) is 3.30. The second kappa shape index (κ2) is 12.8. The van der Waals surface area contributed by atoms with Gasteiger partial charge in [-0.1, -0.05) is 42.5 Å². The van der Waals surface area contributed by atoms with Gasteiger partial charge in [-0.2, -0.15) is 8.78 Å². The molecule has 0 aromatic heterocycles. The number of rotatable bonds is 11. The third-order valence-corrected chi connectivity index (χ3v) is 5.34. The molecule has 2 rings (SSSR count). The molecule has 0 aliphatic carbocycles. The molecule has 0 aliphatic heterocycles. The molecule has 0 amide bonds. The molecule has 0 saturated carbocycles. The van der Waals surface area contributed by atoms with E-state index in [0.717, 1.165) is 5.56 Å². The van der Waals surface area contributed by atoms with Crippen molar-refractivity contribution in [3.05, 3.63) is 59.7 Å². The molecule has 30 heavy (non-hydrogen) atoms. The van der Waals surface area contributed by atoms with Crippen LogP contribution >= 0.6 is 0 Å². The van der Waals surface area contributed by atoms with E-state index in [2.05, 4.69) is 20.4 Å². The summed E-state index contributed by atoms with van der Waals surface area (Å²) in [6.45, 7) is -0.194. The van der Waals surface area contributed by atoms with Gasteiger partial charge in [-0.25, -0.2) is 0 Å². The minimum atomic E-state index is -2.96. The first-order chi connectivity index (χ1) is 14.5. The van der Waals surface area contributed by atoms with E-state index in [1.165, 1.54) is 0 Å². The summed E-state index contributed by atoms with van der Waals surface area (Å²) in [5.41, 5.74) is 1.54. The maximum absolute atomic E-state index is 12.8. The molecule has 0 saturated heterocycles. The monoisotopic (exact) mass is 439 g/mol. The van der Waals surface area contributed by atoms with E-state index in [9.17, 15) is 13.0 Å². The van der Waals surface area contributed by atoms with Gasteiger partial charge in [0.05, 0.1) is 6.61 Å². The predicted molar refractivity (Wildman–Crippen MR) is 116 cm³/mol. The lowest BCUT2D eigenvalue weighted by Gasteiger charge is -2.17. The Morgan fingerprint density at radius 2 is 1.90 bits per heavy atom. The number of hydrogen-bond donors (Lipinski definition) is 2. The number of nitrogens with one attached hydrogen (secondary N) is 2. The lowest BCUT2D eigenvalue weighted by molar-refractivity contribution is -0.0520. The first-order valence-electron chi connectivity index (χ1n) is 9.56. The van der Waals surface area contributed by atoms with Crippen molar-refractivity contribution in [2.45, 2.75) is 25.8 Å². The van der Waals surface area contributed by atoms with Crippen molar-refractivity contribution in [1.82, 2.24) is 10.6 Å². The van der Waals surface area contributed by atoms with Gasteiger partial charge >= 0.3 is 6.61 Å². The van der Waals surface area contributed by atoms with E-state index in [1.54, 1.807) is 32.2 Å². The molecule has 6 nitrogen and oxygen atoms in total. The number of halogens is 2. The molecular formula is C21H27F2N3O3S. The van der Waals surface area contributed by atoms with Crippen LogP contribution in [0, 0.1) is 0 Å². The zero-order valence-electron chi connectivity index (χ0n) is 17.1. The van der Waals surface area contributed by atoms with Crippen molar-refractivity contribution < 1.29 is 22.5 Å². The number of ether oxygens (including phenoxy) is 2. The van der Waals surface area contributed by atoms with Gasteiger partial charge in [-0.3, -0.25) is 9.20 Å². The zero-order valence-corrected chi connectivity index (χ0v) is 17.9. The van der Waals surface area contributed by atoms with Gasteiger partial charge in [0.15, 0.2) is 17.5 Å². The number of guanidine groups is 1. The van der Waals surface area contributed by atoms with Crippen LogP contribution < -0.4 is 20.1 Å². The summed E-state index contributed by atoms with van der Waals surface area (Å²) in [5.74, 6) is 1.68. The van der Waals surface area contributed by atoms with Crippen LogP contribution in [-0.4, -0.2) is 42.7 Å². The number of para-hydroxylation sites is 1. The molecule has 2 aromatic carbocycles. The number of nitrogens with zero attached hydrogens (tertiary/aromatic N) is 1. The Morgan fingerprint density at radius 1 is 1.13 bits per heavy atom. The van der Waals surface area contributed by atoms with Crippen LogP contribution in [-0.2, 0) is 23.1 Å². The third kappa shape index (κ3) is 7.98. The van der Waals surface area contributed by atoms with Crippen LogP contribution in [0.4, 0.5) is 8.78 Å². The molecule has 0 aliphatic rings. The Bertz CT molecular complexity index is 836. The fraction of sp³-hybridized carbons (Fsp3) is 0.381. The fourth-order valence-electron chi connectivity index (χ4n) is 2.71. The number of alkyl halides is 2. The Balaban J connectivity index is 1.88. The van der Waals surface area contributed by atoms with E-state index in [1.807, 2.05) is 30.3 Å². The van der Waals surface area contributed by atoms with Crippen LogP contribution in [0.3, 0.4) is 0 Å². The van der Waals surface area contributed by atoms with E-state index >= 15 is 0 Å². The van der Waals surface area contributed by atoms with Crippen molar-refractivity contribution in [2.24, 2.45) is 4.99 Å². The average Bonchev–Trinajstić information content (AvgIpc) is 2.73. The maximum atomic E-state index is 12.8. The Labute approximate surface area is 178 Å². The van der Waals surface area contributed by atoms with Crippen LogP contribution in [0.2, 0.25) is 0 Å². The summed E-state index contributed by atoms with van der Waals surface area (Å²) in [6, 6.07) is 14.6. The van der Waals surface area contributed by atoms with E-state index in [-0.39, 0.29) is 18.0 Å². The largest absolute Gasteiger partial charge is 0.490 e. The summed E-state index contributed by atoms with van der Waals surface area (Å²) in [4.78, 5) is 4.11. The van der Waals surface area contributed by atoms with Crippen molar-refractivity contribution >= 4 is 16.8 Å². The Kier molecular flexibility index (Phi) is 10.1. The second-order valence-electron chi connectivity index (χ2n) is 6.18. The van der Waals surface area contributed by atoms with E-state index < -0.39 is 17.4 Å².